The molecule has 1 spiro atoms. The summed E-state index contributed by atoms with van der Waals surface area (Å²) in [5.74, 6) is 1.27. The number of hydrogen-bond acceptors (Lipinski definition) is 6. The second-order valence-electron chi connectivity index (χ2n) is 9.46. The largest absolute Gasteiger partial charge is 0.465 e. The smallest absolute Gasteiger partial charge is 0.338 e. The summed E-state index contributed by atoms with van der Waals surface area (Å²) in [7, 11) is 1.43. The predicted molar refractivity (Wildman–Crippen MR) is 121 cm³/mol. The molecule has 1 saturated heterocycles. The van der Waals surface area contributed by atoms with Crippen molar-refractivity contribution >= 4 is 11.8 Å². The number of ether oxygens (including phenoxy) is 1. The Morgan fingerprint density at radius 3 is 2.84 bits per heavy atom. The van der Waals surface area contributed by atoms with Gasteiger partial charge in [0.2, 0.25) is 0 Å². The monoisotopic (exact) mass is 420 g/mol. The van der Waals surface area contributed by atoms with Crippen molar-refractivity contribution in [3.8, 4) is 11.3 Å². The lowest BCUT2D eigenvalue weighted by atomic mass is 9.86. The fourth-order valence-electron chi connectivity index (χ4n) is 5.14. The van der Waals surface area contributed by atoms with Gasteiger partial charge in [0.1, 0.15) is 5.82 Å². The van der Waals surface area contributed by atoms with E-state index in [4.69, 9.17) is 9.72 Å². The Kier molecular flexibility index (Phi) is 5.65. The minimum atomic E-state index is -0.322. The van der Waals surface area contributed by atoms with E-state index in [9.17, 15) is 4.79 Å². The van der Waals surface area contributed by atoms with Crippen molar-refractivity contribution in [1.29, 1.82) is 0 Å². The van der Waals surface area contributed by atoms with Gasteiger partial charge in [-0.15, -0.1) is 0 Å². The van der Waals surface area contributed by atoms with Crippen LogP contribution >= 0.6 is 0 Å². The normalized spacial score (nSPS) is 20.6. The summed E-state index contributed by atoms with van der Waals surface area (Å²) in [5.41, 5.74) is 3.75. The van der Waals surface area contributed by atoms with Gasteiger partial charge in [0, 0.05) is 42.6 Å². The van der Waals surface area contributed by atoms with Crippen LogP contribution in [0.5, 0.6) is 0 Å². The number of nitrogens with one attached hydrogen (secondary N) is 1. The first-order valence-electron chi connectivity index (χ1n) is 11.7. The van der Waals surface area contributed by atoms with Gasteiger partial charge in [-0.25, -0.2) is 9.78 Å². The van der Waals surface area contributed by atoms with Gasteiger partial charge in [-0.2, -0.15) is 0 Å². The molecule has 31 heavy (non-hydrogen) atoms. The van der Waals surface area contributed by atoms with Gasteiger partial charge >= 0.3 is 5.97 Å². The van der Waals surface area contributed by atoms with Gasteiger partial charge in [0.15, 0.2) is 0 Å². The summed E-state index contributed by atoms with van der Waals surface area (Å²) in [6.07, 6.45) is 12.0. The molecule has 0 atom stereocenters. The average molecular weight is 421 g/mol. The van der Waals surface area contributed by atoms with Crippen molar-refractivity contribution in [1.82, 2.24) is 15.3 Å². The van der Waals surface area contributed by atoms with Gasteiger partial charge in [0.25, 0.3) is 0 Å². The Morgan fingerprint density at radius 1 is 1.23 bits per heavy atom. The maximum absolute atomic E-state index is 12.4. The maximum atomic E-state index is 12.4. The van der Waals surface area contributed by atoms with Gasteiger partial charge < -0.3 is 15.0 Å². The minimum absolute atomic E-state index is 0.241. The van der Waals surface area contributed by atoms with Crippen LogP contribution in [0.1, 0.15) is 61.0 Å². The van der Waals surface area contributed by atoms with Crippen molar-refractivity contribution in [3.05, 3.63) is 41.7 Å². The summed E-state index contributed by atoms with van der Waals surface area (Å²) < 4.78 is 5.04. The summed E-state index contributed by atoms with van der Waals surface area (Å²) in [5, 5.41) is 3.64. The number of piperazine rings is 1. The van der Waals surface area contributed by atoms with E-state index in [2.05, 4.69) is 21.3 Å². The minimum Gasteiger partial charge on any atom is -0.465 e. The number of carbonyl (C=O) groups is 1. The van der Waals surface area contributed by atoms with Crippen molar-refractivity contribution in [2.75, 3.05) is 31.6 Å². The molecule has 3 fully saturated rings. The molecule has 2 aromatic rings. The van der Waals surface area contributed by atoms with Crippen LogP contribution in [0.4, 0.5) is 5.82 Å². The van der Waals surface area contributed by atoms with Crippen molar-refractivity contribution in [2.45, 2.75) is 56.9 Å². The van der Waals surface area contributed by atoms with Crippen LogP contribution in [0.2, 0.25) is 0 Å². The quantitative estimate of drug-likeness (QED) is 0.738. The second-order valence-corrected chi connectivity index (χ2v) is 9.46. The lowest BCUT2D eigenvalue weighted by Gasteiger charge is -2.35. The second kappa shape index (κ2) is 8.58. The molecule has 3 aliphatic rings. The molecule has 2 aromatic heterocycles. The summed E-state index contributed by atoms with van der Waals surface area (Å²) in [6.45, 7) is 2.77. The van der Waals surface area contributed by atoms with Crippen molar-refractivity contribution < 1.29 is 9.53 Å². The number of anilines is 1. The third-order valence-corrected chi connectivity index (χ3v) is 7.12. The van der Waals surface area contributed by atoms with E-state index in [1.54, 1.807) is 0 Å². The van der Waals surface area contributed by atoms with Crippen molar-refractivity contribution in [3.63, 3.8) is 0 Å². The van der Waals surface area contributed by atoms with Crippen LogP contribution in [0.15, 0.2) is 30.5 Å². The Morgan fingerprint density at radius 2 is 2.06 bits per heavy atom. The molecule has 0 amide bonds. The zero-order chi connectivity index (χ0) is 21.3. The van der Waals surface area contributed by atoms with Crippen LogP contribution in [0, 0.1) is 5.92 Å². The molecule has 6 heteroatoms. The zero-order valence-electron chi connectivity index (χ0n) is 18.4. The van der Waals surface area contributed by atoms with Crippen LogP contribution in [0.3, 0.4) is 0 Å². The number of carbonyl (C=O) groups excluding carboxylic acids is 1. The van der Waals surface area contributed by atoms with Gasteiger partial charge in [-0.1, -0.05) is 32.1 Å². The Balaban J connectivity index is 1.45. The van der Waals surface area contributed by atoms with Crippen molar-refractivity contribution in [2.24, 2.45) is 5.92 Å². The molecule has 3 heterocycles. The molecule has 2 saturated carbocycles. The molecule has 164 valence electrons. The number of rotatable bonds is 5. The molecule has 0 unspecified atom stereocenters. The standard InChI is InChI=1S/C25H32N4O2/c1-31-24(30)20-15-22(28-23(16-20)29-12-11-27-25(17-29)8-9-25)19-7-10-26-21(14-19)13-18-5-3-2-4-6-18/h7,10,14-16,18,27H,2-6,8-9,11-13,17H2,1H3. The molecule has 1 aliphatic heterocycles. The molecule has 6 nitrogen and oxygen atoms in total. The van der Waals surface area contributed by atoms with Gasteiger partial charge in [-0.3, -0.25) is 4.98 Å². The molecule has 2 aliphatic carbocycles. The maximum Gasteiger partial charge on any atom is 0.338 e. The van der Waals surface area contributed by atoms with E-state index in [1.165, 1.54) is 52.1 Å². The number of methoxy groups -OCH3 is 1. The SMILES string of the molecule is COC(=O)c1cc(-c2ccnc(CC3CCCCC3)c2)nc(N2CCNC3(CC3)C2)c1. The van der Waals surface area contributed by atoms with Crippen LogP contribution in [-0.2, 0) is 11.2 Å². The predicted octanol–water partition coefficient (Wildman–Crippen LogP) is 4.00. The number of esters is 1. The highest BCUT2D eigenvalue weighted by atomic mass is 16.5. The highest BCUT2D eigenvalue weighted by molar-refractivity contribution is 5.91. The number of aromatic nitrogens is 2. The van der Waals surface area contributed by atoms with Crippen LogP contribution in [-0.4, -0.2) is 48.2 Å². The van der Waals surface area contributed by atoms with E-state index in [1.807, 2.05) is 24.4 Å². The topological polar surface area (TPSA) is 67.3 Å². The lowest BCUT2D eigenvalue weighted by molar-refractivity contribution is 0.0600. The molecular formula is C25H32N4O2. The fourth-order valence-corrected chi connectivity index (χ4v) is 5.14. The van der Waals surface area contributed by atoms with E-state index >= 15 is 0 Å². The first-order chi connectivity index (χ1) is 15.1. The average Bonchev–Trinajstić information content (AvgIpc) is 3.57. The third-order valence-electron chi connectivity index (χ3n) is 7.12. The summed E-state index contributed by atoms with van der Waals surface area (Å²) in [6, 6.07) is 7.88. The van der Waals surface area contributed by atoms with Crippen LogP contribution in [0.25, 0.3) is 11.3 Å². The molecule has 0 aromatic carbocycles. The first-order valence-corrected chi connectivity index (χ1v) is 11.7. The summed E-state index contributed by atoms with van der Waals surface area (Å²) >= 11 is 0. The Labute approximate surface area is 184 Å². The van der Waals surface area contributed by atoms with E-state index < -0.39 is 0 Å². The van der Waals surface area contributed by atoms with E-state index in [0.29, 0.717) is 5.56 Å². The molecular weight excluding hydrogens is 388 g/mol. The molecule has 1 N–H and O–H groups in total. The fraction of sp³-hybridized carbons (Fsp3) is 0.560. The summed E-state index contributed by atoms with van der Waals surface area (Å²) in [4.78, 5) is 24.3. The highest BCUT2D eigenvalue weighted by Gasteiger charge is 2.45. The van der Waals surface area contributed by atoms with Crippen LogP contribution < -0.4 is 10.2 Å². The van der Waals surface area contributed by atoms with Gasteiger partial charge in [-0.05, 0) is 49.4 Å². The number of pyridine rings is 2. The van der Waals surface area contributed by atoms with E-state index in [0.717, 1.165) is 54.7 Å². The molecule has 5 rings (SSSR count). The molecule has 0 bridgehead atoms. The first kappa shape index (κ1) is 20.4. The number of nitrogens with zero attached hydrogens (tertiary/aromatic N) is 3. The van der Waals surface area contributed by atoms with Gasteiger partial charge in [0.05, 0.1) is 18.4 Å². The third kappa shape index (κ3) is 4.59. The molecule has 0 radical (unpaired) electrons. The van der Waals surface area contributed by atoms with E-state index in [-0.39, 0.29) is 11.5 Å². The zero-order valence-corrected chi connectivity index (χ0v) is 18.4. The highest BCUT2D eigenvalue weighted by Crippen LogP contribution is 2.39. The number of hydrogen-bond donors (Lipinski definition) is 1. The lowest BCUT2D eigenvalue weighted by Crippen LogP contribution is -2.52. The Hall–Kier alpha value is -2.47. The Bertz CT molecular complexity index is 950.